The first kappa shape index (κ1) is 16.2. The fourth-order valence-corrected chi connectivity index (χ4v) is 2.81. The molecule has 0 amide bonds. The van der Waals surface area contributed by atoms with E-state index in [1.54, 1.807) is 20.1 Å². The van der Waals surface area contributed by atoms with Gasteiger partial charge in [-0.3, -0.25) is 0 Å². The number of nitrogens with one attached hydrogen (secondary N) is 1. The predicted octanol–water partition coefficient (Wildman–Crippen LogP) is 2.70. The van der Waals surface area contributed by atoms with Crippen LogP contribution in [0.2, 0.25) is 5.02 Å². The minimum absolute atomic E-state index is 0.301. The Morgan fingerprint density at radius 2 is 2.19 bits per heavy atom. The van der Waals surface area contributed by atoms with Gasteiger partial charge in [-0.2, -0.15) is 4.37 Å². The summed E-state index contributed by atoms with van der Waals surface area (Å²) in [4.78, 5) is 4.34. The number of rotatable bonds is 7. The Morgan fingerprint density at radius 3 is 2.90 bits per heavy atom. The molecule has 1 heterocycles. The maximum Gasteiger partial charge on any atom is 0.202 e. The molecule has 1 aromatic carbocycles. The summed E-state index contributed by atoms with van der Waals surface area (Å²) in [6, 6.07) is 7.26. The molecular formula is C14H18ClN3O2S. The van der Waals surface area contributed by atoms with E-state index in [0.717, 1.165) is 5.82 Å². The first-order valence-electron chi connectivity index (χ1n) is 6.56. The summed E-state index contributed by atoms with van der Waals surface area (Å²) < 4.78 is 9.21. The molecule has 7 heteroatoms. The molecule has 0 aliphatic rings. The van der Waals surface area contributed by atoms with E-state index < -0.39 is 5.60 Å². The smallest absolute Gasteiger partial charge is 0.202 e. The van der Waals surface area contributed by atoms with E-state index in [-0.39, 0.29) is 0 Å². The molecule has 2 N–H and O–H groups in total. The zero-order chi connectivity index (χ0) is 15.3. The summed E-state index contributed by atoms with van der Waals surface area (Å²) >= 11 is 7.39. The first-order valence-corrected chi connectivity index (χ1v) is 7.71. The van der Waals surface area contributed by atoms with Crippen molar-refractivity contribution in [3.05, 3.63) is 40.7 Å². The number of ether oxygens (including phenoxy) is 1. The highest BCUT2D eigenvalue weighted by Gasteiger charge is 2.25. The average Bonchev–Trinajstić information content (AvgIpc) is 2.91. The molecule has 0 saturated heterocycles. The van der Waals surface area contributed by atoms with Crippen LogP contribution < -0.4 is 5.32 Å². The molecule has 0 fully saturated rings. The number of hydrogen-bond donors (Lipinski definition) is 2. The number of halogens is 1. The second-order valence-electron chi connectivity index (χ2n) is 4.87. The van der Waals surface area contributed by atoms with Crippen molar-refractivity contribution < 1.29 is 9.84 Å². The standard InChI is InChI=1S/C14H18ClN3O2S/c1-14(19,10-5-3-4-6-11(10)15)9-16-13-17-12(18-21-13)7-8-20-2/h3-6,19H,7-9H2,1-2H3,(H,16,17,18). The minimum atomic E-state index is -1.09. The summed E-state index contributed by atoms with van der Waals surface area (Å²) in [6.07, 6.45) is 0.676. The zero-order valence-corrected chi connectivity index (χ0v) is 13.5. The third-order valence-electron chi connectivity index (χ3n) is 3.04. The molecule has 21 heavy (non-hydrogen) atoms. The number of benzene rings is 1. The lowest BCUT2D eigenvalue weighted by Gasteiger charge is -2.25. The van der Waals surface area contributed by atoms with Crippen molar-refractivity contribution in [1.29, 1.82) is 0 Å². The maximum absolute atomic E-state index is 10.6. The van der Waals surface area contributed by atoms with Crippen LogP contribution in [0, 0.1) is 0 Å². The molecule has 0 aliphatic carbocycles. The van der Waals surface area contributed by atoms with Gasteiger partial charge in [0.2, 0.25) is 5.13 Å². The number of aliphatic hydroxyl groups is 1. The quantitative estimate of drug-likeness (QED) is 0.818. The Hall–Kier alpha value is -1.21. The molecule has 1 atom stereocenters. The highest BCUT2D eigenvalue weighted by Crippen LogP contribution is 2.28. The SMILES string of the molecule is COCCc1nsc(NCC(C)(O)c2ccccc2Cl)n1. The van der Waals surface area contributed by atoms with Crippen LogP contribution in [0.4, 0.5) is 5.13 Å². The van der Waals surface area contributed by atoms with E-state index in [4.69, 9.17) is 16.3 Å². The van der Waals surface area contributed by atoms with Crippen LogP contribution in [-0.2, 0) is 16.8 Å². The van der Waals surface area contributed by atoms with E-state index in [1.165, 1.54) is 11.5 Å². The highest BCUT2D eigenvalue weighted by molar-refractivity contribution is 7.09. The maximum atomic E-state index is 10.6. The van der Waals surface area contributed by atoms with Crippen LogP contribution in [0.15, 0.2) is 24.3 Å². The third kappa shape index (κ3) is 4.38. The van der Waals surface area contributed by atoms with Crippen molar-refractivity contribution in [2.45, 2.75) is 18.9 Å². The van der Waals surface area contributed by atoms with E-state index in [1.807, 2.05) is 18.2 Å². The van der Waals surface area contributed by atoms with Gasteiger partial charge in [0.1, 0.15) is 11.4 Å². The second-order valence-corrected chi connectivity index (χ2v) is 6.02. The van der Waals surface area contributed by atoms with Gasteiger partial charge in [0, 0.05) is 42.2 Å². The van der Waals surface area contributed by atoms with Crippen molar-refractivity contribution in [3.63, 3.8) is 0 Å². The summed E-state index contributed by atoms with van der Waals surface area (Å²) in [7, 11) is 1.65. The fourth-order valence-electron chi connectivity index (χ4n) is 1.86. The van der Waals surface area contributed by atoms with Gasteiger partial charge in [0.15, 0.2) is 0 Å². The topological polar surface area (TPSA) is 67.3 Å². The van der Waals surface area contributed by atoms with Crippen molar-refractivity contribution in [1.82, 2.24) is 9.36 Å². The number of anilines is 1. The number of nitrogens with zero attached hydrogens (tertiary/aromatic N) is 2. The number of methoxy groups -OCH3 is 1. The molecule has 1 unspecified atom stereocenters. The summed E-state index contributed by atoms with van der Waals surface area (Å²) in [5, 5.41) is 14.9. The van der Waals surface area contributed by atoms with Crippen LogP contribution in [0.5, 0.6) is 0 Å². The van der Waals surface area contributed by atoms with Gasteiger partial charge in [-0.15, -0.1) is 0 Å². The summed E-state index contributed by atoms with van der Waals surface area (Å²) in [6.45, 7) is 2.61. The van der Waals surface area contributed by atoms with E-state index in [2.05, 4.69) is 14.7 Å². The normalized spacial score (nSPS) is 13.9. The van der Waals surface area contributed by atoms with Gasteiger partial charge >= 0.3 is 0 Å². The largest absolute Gasteiger partial charge is 0.384 e. The van der Waals surface area contributed by atoms with Gasteiger partial charge in [-0.05, 0) is 13.0 Å². The van der Waals surface area contributed by atoms with Gasteiger partial charge in [0.25, 0.3) is 0 Å². The molecular weight excluding hydrogens is 310 g/mol. The van der Waals surface area contributed by atoms with Crippen molar-refractivity contribution in [3.8, 4) is 0 Å². The zero-order valence-electron chi connectivity index (χ0n) is 12.0. The van der Waals surface area contributed by atoms with Crippen LogP contribution in [0.1, 0.15) is 18.3 Å². The summed E-state index contributed by atoms with van der Waals surface area (Å²) in [5.74, 6) is 0.738. The first-order chi connectivity index (χ1) is 10.0. The monoisotopic (exact) mass is 327 g/mol. The second kappa shape index (κ2) is 7.17. The molecule has 2 aromatic rings. The van der Waals surface area contributed by atoms with Gasteiger partial charge in [-0.25, -0.2) is 4.98 Å². The van der Waals surface area contributed by atoms with Crippen molar-refractivity contribution >= 4 is 28.3 Å². The van der Waals surface area contributed by atoms with Gasteiger partial charge < -0.3 is 15.2 Å². The lowest BCUT2D eigenvalue weighted by atomic mass is 9.96. The molecule has 0 radical (unpaired) electrons. The Kier molecular flexibility index (Phi) is 5.52. The molecule has 1 aromatic heterocycles. The highest BCUT2D eigenvalue weighted by atomic mass is 35.5. The molecule has 0 aliphatic heterocycles. The third-order valence-corrected chi connectivity index (χ3v) is 4.08. The van der Waals surface area contributed by atoms with E-state index >= 15 is 0 Å². The summed E-state index contributed by atoms with van der Waals surface area (Å²) in [5.41, 5.74) is -0.403. The molecule has 114 valence electrons. The minimum Gasteiger partial charge on any atom is -0.384 e. The molecule has 2 rings (SSSR count). The molecule has 0 bridgehead atoms. The van der Waals surface area contributed by atoms with Crippen molar-refractivity contribution in [2.24, 2.45) is 0 Å². The fraction of sp³-hybridized carbons (Fsp3) is 0.429. The average molecular weight is 328 g/mol. The van der Waals surface area contributed by atoms with Gasteiger partial charge in [0.05, 0.1) is 6.61 Å². The number of hydrogen-bond acceptors (Lipinski definition) is 6. The molecule has 5 nitrogen and oxygen atoms in total. The van der Waals surface area contributed by atoms with Crippen LogP contribution in [0.3, 0.4) is 0 Å². The van der Waals surface area contributed by atoms with E-state index in [9.17, 15) is 5.11 Å². The molecule has 0 spiro atoms. The lowest BCUT2D eigenvalue weighted by molar-refractivity contribution is 0.0716. The number of aromatic nitrogens is 2. The van der Waals surface area contributed by atoms with Crippen LogP contribution >= 0.6 is 23.1 Å². The van der Waals surface area contributed by atoms with Crippen molar-refractivity contribution in [2.75, 3.05) is 25.6 Å². The van der Waals surface area contributed by atoms with Crippen LogP contribution in [-0.4, -0.2) is 34.7 Å². The Balaban J connectivity index is 1.98. The molecule has 0 saturated carbocycles. The van der Waals surface area contributed by atoms with Crippen LogP contribution in [0.25, 0.3) is 0 Å². The Bertz CT molecular complexity index is 589. The lowest BCUT2D eigenvalue weighted by Crippen LogP contribution is -2.31. The Labute approximate surface area is 133 Å². The van der Waals surface area contributed by atoms with E-state index in [0.29, 0.717) is 35.3 Å². The predicted molar refractivity (Wildman–Crippen MR) is 85.0 cm³/mol. The van der Waals surface area contributed by atoms with Gasteiger partial charge in [-0.1, -0.05) is 29.8 Å². The Morgan fingerprint density at radius 1 is 1.43 bits per heavy atom.